The van der Waals surface area contributed by atoms with Gasteiger partial charge in [0.15, 0.2) is 0 Å². The molecule has 0 aromatic carbocycles. The maximum Gasteiger partial charge on any atom is 0.239 e. The Bertz CT molecular complexity index is 222. The van der Waals surface area contributed by atoms with Gasteiger partial charge in [-0.3, -0.25) is 4.79 Å². The molecule has 1 saturated carbocycles. The van der Waals surface area contributed by atoms with Gasteiger partial charge in [-0.2, -0.15) is 0 Å². The molecule has 94 valence electrons. The van der Waals surface area contributed by atoms with Gasteiger partial charge in [0.1, 0.15) is 0 Å². The van der Waals surface area contributed by atoms with Crippen molar-refractivity contribution in [3.8, 4) is 0 Å². The van der Waals surface area contributed by atoms with Crippen molar-refractivity contribution in [1.29, 1.82) is 0 Å². The van der Waals surface area contributed by atoms with E-state index >= 15 is 0 Å². The molecule has 0 aromatic rings. The summed E-state index contributed by atoms with van der Waals surface area (Å²) >= 11 is 0. The van der Waals surface area contributed by atoms with Gasteiger partial charge in [-0.1, -0.05) is 20.3 Å². The minimum Gasteiger partial charge on any atom is -0.341 e. The molecule has 3 heteroatoms. The van der Waals surface area contributed by atoms with E-state index in [4.69, 9.17) is 5.73 Å². The fourth-order valence-electron chi connectivity index (χ4n) is 2.56. The van der Waals surface area contributed by atoms with Crippen molar-refractivity contribution in [2.24, 2.45) is 11.7 Å². The zero-order chi connectivity index (χ0) is 12.1. The lowest BCUT2D eigenvalue weighted by Crippen LogP contribution is -2.47. The van der Waals surface area contributed by atoms with E-state index in [0.29, 0.717) is 6.04 Å². The maximum absolute atomic E-state index is 11.9. The largest absolute Gasteiger partial charge is 0.341 e. The van der Waals surface area contributed by atoms with E-state index in [9.17, 15) is 4.79 Å². The molecular formula is C13H26N2O. The quantitative estimate of drug-likeness (QED) is 0.798. The summed E-state index contributed by atoms with van der Waals surface area (Å²) in [5.41, 5.74) is 5.79. The third kappa shape index (κ3) is 3.21. The molecule has 0 bridgehead atoms. The molecule has 2 N–H and O–H groups in total. The standard InChI is InChI=1S/C13H26N2O/c1-4-10-6-8-11(9-7-10)15(3)13(16)12(14)5-2/h10-12H,4-9,14H2,1-3H3/t10?,11?,12-/m0/s1. The summed E-state index contributed by atoms with van der Waals surface area (Å²) in [5, 5.41) is 0. The average molecular weight is 226 g/mol. The number of carbonyl (C=O) groups is 1. The summed E-state index contributed by atoms with van der Waals surface area (Å²) in [6, 6.07) is 0.113. The third-order valence-electron chi connectivity index (χ3n) is 4.05. The van der Waals surface area contributed by atoms with Crippen LogP contribution in [0.3, 0.4) is 0 Å². The van der Waals surface area contributed by atoms with Crippen LogP contribution < -0.4 is 5.73 Å². The monoisotopic (exact) mass is 226 g/mol. The SMILES string of the molecule is CCC1CCC(N(C)C(=O)[C@@H](N)CC)CC1. The van der Waals surface area contributed by atoms with Gasteiger partial charge in [0.25, 0.3) is 0 Å². The molecule has 0 radical (unpaired) electrons. The Morgan fingerprint density at radius 2 is 1.88 bits per heavy atom. The number of likely N-dealkylation sites (N-methyl/N-ethyl adjacent to an activating group) is 1. The first kappa shape index (κ1) is 13.5. The first-order valence-corrected chi connectivity index (χ1v) is 6.62. The van der Waals surface area contributed by atoms with Gasteiger partial charge >= 0.3 is 0 Å². The Balaban J connectivity index is 2.43. The number of amides is 1. The Kier molecular flexibility index (Phi) is 5.26. The smallest absolute Gasteiger partial charge is 0.239 e. The van der Waals surface area contributed by atoms with Crippen molar-refractivity contribution >= 4 is 5.91 Å². The number of nitrogens with two attached hydrogens (primary N) is 1. The minimum absolute atomic E-state index is 0.113. The van der Waals surface area contributed by atoms with Gasteiger partial charge in [-0.25, -0.2) is 0 Å². The molecule has 1 rings (SSSR count). The van der Waals surface area contributed by atoms with Crippen LogP contribution in [0.5, 0.6) is 0 Å². The molecule has 0 heterocycles. The molecule has 3 nitrogen and oxygen atoms in total. The van der Waals surface area contributed by atoms with Gasteiger partial charge in [0.2, 0.25) is 5.91 Å². The Labute approximate surface area is 99.4 Å². The van der Waals surface area contributed by atoms with Gasteiger partial charge in [0.05, 0.1) is 6.04 Å². The van der Waals surface area contributed by atoms with Crippen LogP contribution in [0.25, 0.3) is 0 Å². The van der Waals surface area contributed by atoms with Crippen LogP contribution in [0.4, 0.5) is 0 Å². The van der Waals surface area contributed by atoms with E-state index in [1.807, 2.05) is 18.9 Å². The van der Waals surface area contributed by atoms with Gasteiger partial charge in [-0.05, 0) is 38.0 Å². The number of hydrogen-bond acceptors (Lipinski definition) is 2. The lowest BCUT2D eigenvalue weighted by molar-refractivity contribution is -0.134. The maximum atomic E-state index is 11.9. The molecule has 1 atom stereocenters. The van der Waals surface area contributed by atoms with E-state index in [1.165, 1.54) is 19.3 Å². The lowest BCUT2D eigenvalue weighted by atomic mass is 9.84. The highest BCUT2D eigenvalue weighted by Crippen LogP contribution is 2.29. The zero-order valence-electron chi connectivity index (χ0n) is 10.9. The van der Waals surface area contributed by atoms with Crippen LogP contribution in [0.2, 0.25) is 0 Å². The van der Waals surface area contributed by atoms with Crippen LogP contribution in [0.15, 0.2) is 0 Å². The van der Waals surface area contributed by atoms with Crippen LogP contribution in [0, 0.1) is 5.92 Å². The first-order valence-electron chi connectivity index (χ1n) is 6.62. The molecule has 1 amide bonds. The van der Waals surface area contributed by atoms with E-state index in [0.717, 1.165) is 25.2 Å². The molecule has 1 aliphatic carbocycles. The summed E-state index contributed by atoms with van der Waals surface area (Å²) in [6.45, 7) is 4.22. The Morgan fingerprint density at radius 3 is 2.31 bits per heavy atom. The van der Waals surface area contributed by atoms with Crippen molar-refractivity contribution in [2.45, 2.75) is 64.5 Å². The van der Waals surface area contributed by atoms with E-state index < -0.39 is 0 Å². The Hall–Kier alpha value is -0.570. The Morgan fingerprint density at radius 1 is 1.31 bits per heavy atom. The number of carbonyl (C=O) groups excluding carboxylic acids is 1. The summed E-state index contributed by atoms with van der Waals surface area (Å²) in [4.78, 5) is 13.8. The highest BCUT2D eigenvalue weighted by molar-refractivity contribution is 5.81. The van der Waals surface area contributed by atoms with Crippen molar-refractivity contribution in [3.05, 3.63) is 0 Å². The molecule has 0 saturated heterocycles. The van der Waals surface area contributed by atoms with Crippen LogP contribution in [-0.4, -0.2) is 29.9 Å². The van der Waals surface area contributed by atoms with Crippen molar-refractivity contribution < 1.29 is 4.79 Å². The van der Waals surface area contributed by atoms with Crippen molar-refractivity contribution in [3.63, 3.8) is 0 Å². The average Bonchev–Trinajstić information content (AvgIpc) is 2.36. The molecule has 1 aliphatic rings. The summed E-state index contributed by atoms with van der Waals surface area (Å²) in [5.74, 6) is 0.988. The number of nitrogens with zero attached hydrogens (tertiary/aromatic N) is 1. The highest BCUT2D eigenvalue weighted by atomic mass is 16.2. The fourth-order valence-corrected chi connectivity index (χ4v) is 2.56. The van der Waals surface area contributed by atoms with Crippen LogP contribution in [-0.2, 0) is 4.79 Å². The summed E-state index contributed by atoms with van der Waals surface area (Å²) < 4.78 is 0. The second kappa shape index (κ2) is 6.24. The molecular weight excluding hydrogens is 200 g/mol. The third-order valence-corrected chi connectivity index (χ3v) is 4.05. The zero-order valence-corrected chi connectivity index (χ0v) is 10.9. The molecule has 0 aromatic heterocycles. The van der Waals surface area contributed by atoms with E-state index in [2.05, 4.69) is 6.92 Å². The van der Waals surface area contributed by atoms with Crippen molar-refractivity contribution in [1.82, 2.24) is 4.90 Å². The lowest BCUT2D eigenvalue weighted by Gasteiger charge is -2.35. The van der Waals surface area contributed by atoms with Gasteiger partial charge < -0.3 is 10.6 Å². The second-order valence-corrected chi connectivity index (χ2v) is 5.05. The topological polar surface area (TPSA) is 46.3 Å². The summed E-state index contributed by atoms with van der Waals surface area (Å²) in [6.07, 6.45) is 6.83. The molecule has 0 unspecified atom stereocenters. The number of hydrogen-bond donors (Lipinski definition) is 1. The van der Waals surface area contributed by atoms with Gasteiger partial charge in [-0.15, -0.1) is 0 Å². The molecule has 0 spiro atoms. The second-order valence-electron chi connectivity index (χ2n) is 5.05. The minimum atomic E-state index is -0.311. The van der Waals surface area contributed by atoms with Gasteiger partial charge in [0, 0.05) is 13.1 Å². The van der Waals surface area contributed by atoms with E-state index in [-0.39, 0.29) is 11.9 Å². The van der Waals surface area contributed by atoms with Crippen LogP contribution in [0.1, 0.15) is 52.4 Å². The highest BCUT2D eigenvalue weighted by Gasteiger charge is 2.27. The molecule has 0 aliphatic heterocycles. The predicted molar refractivity (Wildman–Crippen MR) is 67.1 cm³/mol. The predicted octanol–water partition coefficient (Wildman–Crippen LogP) is 2.15. The van der Waals surface area contributed by atoms with Crippen molar-refractivity contribution in [2.75, 3.05) is 7.05 Å². The normalized spacial score (nSPS) is 27.5. The number of rotatable bonds is 4. The molecule has 1 fully saturated rings. The first-order chi connectivity index (χ1) is 7.60. The molecule has 16 heavy (non-hydrogen) atoms. The fraction of sp³-hybridized carbons (Fsp3) is 0.923. The van der Waals surface area contributed by atoms with Crippen LogP contribution >= 0.6 is 0 Å². The van der Waals surface area contributed by atoms with E-state index in [1.54, 1.807) is 0 Å². The summed E-state index contributed by atoms with van der Waals surface area (Å²) in [7, 11) is 1.91.